The molecule has 0 fully saturated rings. The maximum Gasteiger partial charge on any atom is 0.224 e. The number of nitrogens with one attached hydrogen (secondary N) is 2. The van der Waals surface area contributed by atoms with Crippen molar-refractivity contribution in [1.29, 1.82) is 0 Å². The van der Waals surface area contributed by atoms with Crippen LogP contribution in [0.4, 0.5) is 30.6 Å². The molecule has 1 heterocycles. The molecule has 2 aromatic carbocycles. The van der Waals surface area contributed by atoms with E-state index >= 15 is 0 Å². The predicted octanol–water partition coefficient (Wildman–Crippen LogP) is 4.35. The normalized spacial score (nSPS) is 10.5. The monoisotopic (exact) mass is 330 g/mol. The van der Waals surface area contributed by atoms with E-state index in [1.807, 2.05) is 30.3 Å². The van der Waals surface area contributed by atoms with Gasteiger partial charge in [-0.3, -0.25) is 0 Å². The van der Waals surface area contributed by atoms with Crippen LogP contribution in [0.2, 0.25) is 0 Å². The van der Waals surface area contributed by atoms with Crippen molar-refractivity contribution in [3.8, 4) is 11.3 Å². The van der Waals surface area contributed by atoms with E-state index < -0.39 is 23.1 Å². The van der Waals surface area contributed by atoms with Crippen LogP contribution in [0.25, 0.3) is 11.3 Å². The minimum absolute atomic E-state index is 0.136. The molecule has 0 saturated heterocycles. The second-order valence-corrected chi connectivity index (χ2v) is 4.92. The molecule has 3 aromatic rings. The highest BCUT2D eigenvalue weighted by Gasteiger charge is 2.15. The lowest BCUT2D eigenvalue weighted by molar-refractivity contribution is 0.499. The Hall–Kier alpha value is -3.09. The lowest BCUT2D eigenvalue weighted by Crippen LogP contribution is -2.05. The van der Waals surface area contributed by atoms with Crippen LogP contribution in [-0.4, -0.2) is 17.0 Å². The first-order chi connectivity index (χ1) is 11.6. The standard InChI is InChI=1S/C17H13F3N4/c1-21-17-22-13(10-5-3-2-4-6-10)9-14(24-17)23-16-12(19)8-7-11(18)15(16)20/h2-9H,1H3,(H2,21,22,23,24). The number of nitrogens with zero attached hydrogens (tertiary/aromatic N) is 2. The van der Waals surface area contributed by atoms with Gasteiger partial charge in [-0.15, -0.1) is 0 Å². The number of hydrogen-bond acceptors (Lipinski definition) is 4. The van der Waals surface area contributed by atoms with Crippen LogP contribution in [0.3, 0.4) is 0 Å². The molecular formula is C17H13F3N4. The maximum absolute atomic E-state index is 13.8. The zero-order valence-electron chi connectivity index (χ0n) is 12.6. The SMILES string of the molecule is CNc1nc(Nc2c(F)ccc(F)c2F)cc(-c2ccccc2)n1. The first-order valence-electron chi connectivity index (χ1n) is 7.11. The molecular weight excluding hydrogens is 317 g/mol. The Labute approximate surface area is 136 Å². The van der Waals surface area contributed by atoms with E-state index in [4.69, 9.17) is 0 Å². The van der Waals surface area contributed by atoms with Crippen LogP contribution in [0, 0.1) is 17.5 Å². The molecule has 0 atom stereocenters. The molecule has 0 amide bonds. The molecule has 1 aromatic heterocycles. The topological polar surface area (TPSA) is 49.8 Å². The fourth-order valence-corrected chi connectivity index (χ4v) is 2.15. The Morgan fingerprint density at radius 1 is 0.875 bits per heavy atom. The summed E-state index contributed by atoms with van der Waals surface area (Å²) in [7, 11) is 1.62. The molecule has 7 heteroatoms. The average Bonchev–Trinajstić information content (AvgIpc) is 2.62. The Balaban J connectivity index is 2.04. The smallest absolute Gasteiger partial charge is 0.224 e. The van der Waals surface area contributed by atoms with E-state index in [-0.39, 0.29) is 11.8 Å². The fraction of sp³-hybridized carbons (Fsp3) is 0.0588. The van der Waals surface area contributed by atoms with Gasteiger partial charge in [0.15, 0.2) is 11.6 Å². The van der Waals surface area contributed by atoms with Gasteiger partial charge in [-0.05, 0) is 12.1 Å². The minimum Gasteiger partial charge on any atom is -0.357 e. The molecule has 0 aliphatic rings. The Bertz CT molecular complexity index is 869. The number of aromatic nitrogens is 2. The molecule has 0 unspecified atom stereocenters. The number of anilines is 3. The van der Waals surface area contributed by atoms with Crippen LogP contribution in [-0.2, 0) is 0 Å². The summed E-state index contributed by atoms with van der Waals surface area (Å²) >= 11 is 0. The van der Waals surface area contributed by atoms with Crippen LogP contribution in [0.15, 0.2) is 48.5 Å². The lowest BCUT2D eigenvalue weighted by atomic mass is 10.1. The number of halogens is 3. The van der Waals surface area contributed by atoms with Crippen LogP contribution in [0.5, 0.6) is 0 Å². The maximum atomic E-state index is 13.8. The molecule has 0 spiro atoms. The first-order valence-corrected chi connectivity index (χ1v) is 7.11. The summed E-state index contributed by atoms with van der Waals surface area (Å²) in [5.74, 6) is -2.97. The second-order valence-electron chi connectivity index (χ2n) is 4.92. The minimum atomic E-state index is -1.30. The fourth-order valence-electron chi connectivity index (χ4n) is 2.15. The van der Waals surface area contributed by atoms with E-state index in [1.54, 1.807) is 7.05 Å². The summed E-state index contributed by atoms with van der Waals surface area (Å²) in [5, 5.41) is 5.27. The van der Waals surface area contributed by atoms with Crippen molar-refractivity contribution < 1.29 is 13.2 Å². The molecule has 0 aliphatic heterocycles. The second kappa shape index (κ2) is 6.57. The summed E-state index contributed by atoms with van der Waals surface area (Å²) < 4.78 is 40.9. The van der Waals surface area contributed by atoms with Gasteiger partial charge in [0, 0.05) is 18.7 Å². The highest BCUT2D eigenvalue weighted by atomic mass is 19.2. The van der Waals surface area contributed by atoms with E-state index in [1.165, 1.54) is 6.07 Å². The summed E-state index contributed by atoms with van der Waals surface area (Å²) in [5.41, 5.74) is 0.754. The van der Waals surface area contributed by atoms with Gasteiger partial charge in [-0.25, -0.2) is 18.2 Å². The highest BCUT2D eigenvalue weighted by molar-refractivity contribution is 5.67. The van der Waals surface area contributed by atoms with Gasteiger partial charge in [-0.2, -0.15) is 4.98 Å². The van der Waals surface area contributed by atoms with Crippen molar-refractivity contribution >= 4 is 17.5 Å². The quantitative estimate of drug-likeness (QED) is 0.699. The molecule has 0 saturated carbocycles. The third-order valence-electron chi connectivity index (χ3n) is 3.32. The molecule has 4 nitrogen and oxygen atoms in total. The molecule has 0 aliphatic carbocycles. The number of benzene rings is 2. The van der Waals surface area contributed by atoms with Crippen molar-refractivity contribution in [2.45, 2.75) is 0 Å². The zero-order valence-corrected chi connectivity index (χ0v) is 12.6. The van der Waals surface area contributed by atoms with Crippen LogP contribution < -0.4 is 10.6 Å². The van der Waals surface area contributed by atoms with Crippen molar-refractivity contribution in [2.75, 3.05) is 17.7 Å². The summed E-state index contributed by atoms with van der Waals surface area (Å²) in [6, 6.07) is 12.3. The highest BCUT2D eigenvalue weighted by Crippen LogP contribution is 2.27. The van der Waals surface area contributed by atoms with Crippen molar-refractivity contribution in [3.63, 3.8) is 0 Å². The van der Waals surface area contributed by atoms with Crippen LogP contribution >= 0.6 is 0 Å². The first kappa shape index (κ1) is 15.8. The van der Waals surface area contributed by atoms with Crippen molar-refractivity contribution in [1.82, 2.24) is 9.97 Å². The predicted molar refractivity (Wildman–Crippen MR) is 86.6 cm³/mol. The van der Waals surface area contributed by atoms with E-state index in [0.29, 0.717) is 5.69 Å². The molecule has 24 heavy (non-hydrogen) atoms. The van der Waals surface area contributed by atoms with Gasteiger partial charge in [-0.1, -0.05) is 30.3 Å². The van der Waals surface area contributed by atoms with Crippen LogP contribution in [0.1, 0.15) is 0 Å². The summed E-state index contributed by atoms with van der Waals surface area (Å²) in [6.07, 6.45) is 0. The lowest BCUT2D eigenvalue weighted by Gasteiger charge is -2.11. The Morgan fingerprint density at radius 3 is 2.29 bits per heavy atom. The zero-order chi connectivity index (χ0) is 17.1. The third kappa shape index (κ3) is 3.15. The molecule has 0 radical (unpaired) electrons. The summed E-state index contributed by atoms with van der Waals surface area (Å²) in [6.45, 7) is 0. The van der Waals surface area contributed by atoms with Gasteiger partial charge in [0.2, 0.25) is 5.95 Å². The number of hydrogen-bond donors (Lipinski definition) is 2. The van der Waals surface area contributed by atoms with Gasteiger partial charge < -0.3 is 10.6 Å². The van der Waals surface area contributed by atoms with Gasteiger partial charge in [0.25, 0.3) is 0 Å². The van der Waals surface area contributed by atoms with Crippen molar-refractivity contribution in [2.24, 2.45) is 0 Å². The third-order valence-corrected chi connectivity index (χ3v) is 3.32. The van der Waals surface area contributed by atoms with Crippen molar-refractivity contribution in [3.05, 3.63) is 66.0 Å². The largest absolute Gasteiger partial charge is 0.357 e. The summed E-state index contributed by atoms with van der Waals surface area (Å²) in [4.78, 5) is 8.40. The van der Waals surface area contributed by atoms with Gasteiger partial charge in [0.05, 0.1) is 5.69 Å². The molecule has 2 N–H and O–H groups in total. The molecule has 0 bridgehead atoms. The number of rotatable bonds is 4. The molecule has 3 rings (SSSR count). The average molecular weight is 330 g/mol. The van der Waals surface area contributed by atoms with E-state index in [9.17, 15) is 13.2 Å². The molecule has 122 valence electrons. The van der Waals surface area contributed by atoms with E-state index in [2.05, 4.69) is 20.6 Å². The van der Waals surface area contributed by atoms with Gasteiger partial charge in [0.1, 0.15) is 17.3 Å². The van der Waals surface area contributed by atoms with Gasteiger partial charge >= 0.3 is 0 Å². The Morgan fingerprint density at radius 2 is 1.58 bits per heavy atom. The Kier molecular flexibility index (Phi) is 4.33. The van der Waals surface area contributed by atoms with E-state index in [0.717, 1.165) is 17.7 Å².